The summed E-state index contributed by atoms with van der Waals surface area (Å²) >= 11 is 14.1. The lowest BCUT2D eigenvalue weighted by molar-refractivity contribution is -0.132. The normalized spacial score (nSPS) is 22.9. The van der Waals surface area contributed by atoms with E-state index in [1.807, 2.05) is 0 Å². The minimum atomic E-state index is -1.67. The summed E-state index contributed by atoms with van der Waals surface area (Å²) in [4.78, 5) is 45.6. The van der Waals surface area contributed by atoms with Crippen molar-refractivity contribution in [2.45, 2.75) is 38.0 Å². The van der Waals surface area contributed by atoms with Gasteiger partial charge in [-0.2, -0.15) is 0 Å². The molecule has 1 unspecified atom stereocenters. The Morgan fingerprint density at radius 2 is 1.89 bits per heavy atom. The van der Waals surface area contributed by atoms with Gasteiger partial charge < -0.3 is 20.1 Å². The zero-order valence-corrected chi connectivity index (χ0v) is 21.2. The summed E-state index contributed by atoms with van der Waals surface area (Å²) in [6.07, 6.45) is 2.39. The second-order valence-corrected chi connectivity index (χ2v) is 10.9. The van der Waals surface area contributed by atoms with Crippen LogP contribution in [-0.4, -0.2) is 59.1 Å². The average molecular weight is 550 g/mol. The van der Waals surface area contributed by atoms with Crippen molar-refractivity contribution < 1.29 is 24.2 Å². The first kappa shape index (κ1) is 23.5. The van der Waals surface area contributed by atoms with Crippen LogP contribution in [0.2, 0.25) is 10.0 Å². The number of thiophene rings is 1. The van der Waals surface area contributed by atoms with Gasteiger partial charge in [0, 0.05) is 43.5 Å². The molecule has 1 aromatic heterocycles. The molecule has 1 aromatic carbocycles. The number of benzene rings is 1. The third-order valence-corrected chi connectivity index (χ3v) is 8.50. The van der Waals surface area contributed by atoms with Crippen molar-refractivity contribution in [2.24, 2.45) is 10.7 Å². The first-order valence-electron chi connectivity index (χ1n) is 11.5. The predicted octanol–water partition coefficient (Wildman–Crippen LogP) is 3.27. The van der Waals surface area contributed by atoms with E-state index in [1.165, 1.54) is 9.80 Å². The number of carboxylic acids is 1. The molecule has 4 aliphatic heterocycles. The Morgan fingerprint density at radius 3 is 2.56 bits per heavy atom. The zero-order valence-electron chi connectivity index (χ0n) is 18.9. The lowest BCUT2D eigenvalue weighted by atomic mass is 9.94. The number of nitrogens with two attached hydrogens (primary N) is 1. The summed E-state index contributed by atoms with van der Waals surface area (Å²) in [7, 11) is 0. The Balaban J connectivity index is 1.66. The van der Waals surface area contributed by atoms with Crippen LogP contribution < -0.4 is 20.7 Å². The van der Waals surface area contributed by atoms with Crippen molar-refractivity contribution in [1.82, 2.24) is 4.90 Å². The molecule has 5 heterocycles. The number of anilines is 2. The molecule has 0 saturated carbocycles. The van der Waals surface area contributed by atoms with E-state index in [4.69, 9.17) is 38.7 Å². The molecule has 6 rings (SSSR count). The highest BCUT2D eigenvalue weighted by Crippen LogP contribution is 2.49. The van der Waals surface area contributed by atoms with Gasteiger partial charge >= 0.3 is 5.97 Å². The number of aromatic carboxylic acids is 1. The molecule has 0 bridgehead atoms. The first-order chi connectivity index (χ1) is 17.2. The molecule has 2 saturated heterocycles. The number of carbonyl (C=O) groups excluding carboxylic acids is 2. The maximum Gasteiger partial charge on any atom is 0.348 e. The van der Waals surface area contributed by atoms with Crippen molar-refractivity contribution in [1.29, 1.82) is 0 Å². The van der Waals surface area contributed by atoms with Gasteiger partial charge in [0.1, 0.15) is 15.6 Å². The molecule has 36 heavy (non-hydrogen) atoms. The summed E-state index contributed by atoms with van der Waals surface area (Å²) in [5, 5.41) is 14.2. The van der Waals surface area contributed by atoms with Crippen LogP contribution in [0.25, 0.3) is 0 Å². The number of aliphatic imine (C=N–C) groups is 1. The Kier molecular flexibility index (Phi) is 5.45. The van der Waals surface area contributed by atoms with Crippen LogP contribution in [0, 0.1) is 0 Å². The van der Waals surface area contributed by atoms with E-state index in [0.717, 1.165) is 16.9 Å². The van der Waals surface area contributed by atoms with E-state index in [9.17, 15) is 19.5 Å². The van der Waals surface area contributed by atoms with Gasteiger partial charge in [-0.15, -0.1) is 11.3 Å². The molecule has 13 heteroatoms. The van der Waals surface area contributed by atoms with E-state index >= 15 is 0 Å². The number of hydrogen-bond acceptors (Lipinski definition) is 8. The molecule has 4 aliphatic rings. The fourth-order valence-electron chi connectivity index (χ4n) is 5.31. The fourth-order valence-corrected chi connectivity index (χ4v) is 7.06. The number of carbonyl (C=O) groups is 3. The standard InChI is InChI=1S/C23H21Cl2N5O5S/c24-11-9-12(25)19-10(5-8-35-19)15(11)17-16-18(29-6-1-3-13(29)31)20(22(33)34)36-21(16)28-23(26,27-17)30-7-2-4-14(30)32/h9,28H,1-8,26H2,(H,33,34). The summed E-state index contributed by atoms with van der Waals surface area (Å²) in [5.41, 5.74) is 8.91. The Morgan fingerprint density at radius 1 is 1.14 bits per heavy atom. The van der Waals surface area contributed by atoms with Gasteiger partial charge in [-0.05, 0) is 18.9 Å². The van der Waals surface area contributed by atoms with Gasteiger partial charge in [0.2, 0.25) is 11.8 Å². The number of carboxylic acid groups (broad SMARTS) is 1. The molecule has 2 aromatic rings. The number of fused-ring (bicyclic) bond motifs is 2. The Bertz CT molecular complexity index is 1390. The van der Waals surface area contributed by atoms with Gasteiger partial charge in [-0.25, -0.2) is 9.79 Å². The van der Waals surface area contributed by atoms with Crippen molar-refractivity contribution >= 4 is 68.7 Å². The van der Waals surface area contributed by atoms with Crippen molar-refractivity contribution in [3.63, 3.8) is 0 Å². The van der Waals surface area contributed by atoms with Crippen molar-refractivity contribution in [3.05, 3.63) is 37.7 Å². The maximum absolute atomic E-state index is 12.8. The number of rotatable bonds is 4. The predicted molar refractivity (Wildman–Crippen MR) is 136 cm³/mol. The number of amides is 2. The lowest BCUT2D eigenvalue weighted by Gasteiger charge is -2.39. The van der Waals surface area contributed by atoms with Gasteiger partial charge in [0.25, 0.3) is 5.91 Å². The average Bonchev–Trinajstić information content (AvgIpc) is 3.59. The second kappa shape index (κ2) is 8.34. The lowest BCUT2D eigenvalue weighted by Crippen LogP contribution is -2.62. The number of ether oxygens (including phenoxy) is 1. The van der Waals surface area contributed by atoms with Crippen LogP contribution in [-0.2, 0) is 16.0 Å². The minimum absolute atomic E-state index is 0.0228. The summed E-state index contributed by atoms with van der Waals surface area (Å²) in [6, 6.07) is 1.55. The highest BCUT2D eigenvalue weighted by atomic mass is 35.5. The quantitative estimate of drug-likeness (QED) is 0.532. The molecular formula is C23H21Cl2N5O5S. The van der Waals surface area contributed by atoms with Crippen LogP contribution in [0.15, 0.2) is 11.1 Å². The van der Waals surface area contributed by atoms with Crippen LogP contribution in [0.4, 0.5) is 10.7 Å². The smallest absolute Gasteiger partial charge is 0.348 e. The molecule has 4 N–H and O–H groups in total. The molecule has 0 radical (unpaired) electrons. The van der Waals surface area contributed by atoms with E-state index in [-0.39, 0.29) is 27.4 Å². The van der Waals surface area contributed by atoms with E-state index < -0.39 is 11.9 Å². The Labute approximate surface area is 219 Å². The van der Waals surface area contributed by atoms with Crippen molar-refractivity contribution in [3.8, 4) is 5.75 Å². The zero-order chi connectivity index (χ0) is 25.4. The molecule has 2 amide bonds. The molecule has 0 spiro atoms. The van der Waals surface area contributed by atoms with Crippen LogP contribution in [0.5, 0.6) is 5.75 Å². The SMILES string of the molecule is NC1(N2CCCC2=O)N=C(c2c(Cl)cc(Cl)c3c2CCO3)c2c(sc(C(=O)O)c2N2CCCC2=O)N1. The maximum atomic E-state index is 12.8. The molecule has 0 aliphatic carbocycles. The van der Waals surface area contributed by atoms with Crippen molar-refractivity contribution in [2.75, 3.05) is 29.9 Å². The largest absolute Gasteiger partial charge is 0.491 e. The monoisotopic (exact) mass is 549 g/mol. The number of hydrogen-bond donors (Lipinski definition) is 3. The summed E-state index contributed by atoms with van der Waals surface area (Å²) in [6.45, 7) is 1.16. The highest BCUT2D eigenvalue weighted by molar-refractivity contribution is 7.19. The van der Waals surface area contributed by atoms with Gasteiger partial charge in [0.15, 0.2) is 0 Å². The van der Waals surface area contributed by atoms with Crippen LogP contribution in [0.3, 0.4) is 0 Å². The Hall–Kier alpha value is -2.86. The van der Waals surface area contributed by atoms with E-state index in [0.29, 0.717) is 84.4 Å². The third kappa shape index (κ3) is 3.41. The molecule has 2 fully saturated rings. The number of nitrogens with one attached hydrogen (secondary N) is 1. The number of halogens is 2. The molecule has 10 nitrogen and oxygen atoms in total. The first-order valence-corrected chi connectivity index (χ1v) is 13.1. The highest BCUT2D eigenvalue weighted by Gasteiger charge is 2.46. The van der Waals surface area contributed by atoms with Crippen LogP contribution in [0.1, 0.15) is 52.0 Å². The summed E-state index contributed by atoms with van der Waals surface area (Å²) < 4.78 is 5.75. The topological polar surface area (TPSA) is 138 Å². The fraction of sp³-hybridized carbons (Fsp3) is 0.391. The molecule has 188 valence electrons. The molecule has 1 atom stereocenters. The van der Waals surface area contributed by atoms with Gasteiger partial charge in [0.05, 0.1) is 33.6 Å². The molecular weight excluding hydrogens is 529 g/mol. The number of likely N-dealkylation sites (tertiary alicyclic amines) is 1. The number of nitrogens with zero attached hydrogens (tertiary/aromatic N) is 3. The van der Waals surface area contributed by atoms with Gasteiger partial charge in [-0.3, -0.25) is 20.2 Å². The van der Waals surface area contributed by atoms with Crippen LogP contribution >= 0.6 is 34.5 Å². The van der Waals surface area contributed by atoms with E-state index in [2.05, 4.69) is 5.32 Å². The second-order valence-electron chi connectivity index (χ2n) is 9.02. The van der Waals surface area contributed by atoms with E-state index in [1.54, 1.807) is 6.07 Å². The minimum Gasteiger partial charge on any atom is -0.491 e. The third-order valence-electron chi connectivity index (χ3n) is 6.84. The van der Waals surface area contributed by atoms with Gasteiger partial charge in [-0.1, -0.05) is 23.2 Å². The summed E-state index contributed by atoms with van der Waals surface area (Å²) in [5.74, 6) is -2.71.